The van der Waals surface area contributed by atoms with Crippen LogP contribution in [0.25, 0.3) is 0 Å². The predicted octanol–water partition coefficient (Wildman–Crippen LogP) is -15.3. The van der Waals surface area contributed by atoms with Crippen molar-refractivity contribution in [1.82, 2.24) is 0 Å². The summed E-state index contributed by atoms with van der Waals surface area (Å²) in [6.45, 7) is -6.97. The fourth-order valence-electron chi connectivity index (χ4n) is 10.5. The van der Waals surface area contributed by atoms with Crippen LogP contribution in [-0.4, -0.2) is 358 Å². The lowest BCUT2D eigenvalue weighted by Gasteiger charge is -2.50. The number of ether oxygens (including phenoxy) is 14. The second kappa shape index (κ2) is 26.0. The van der Waals surface area contributed by atoms with E-state index in [-0.39, 0.29) is 0 Å². The van der Waals surface area contributed by atoms with E-state index in [1.165, 1.54) is 0 Å². The molecule has 21 aliphatic rings. The Morgan fingerprint density at radius 2 is 0.338 bits per heavy atom. The molecule has 0 aromatic carbocycles. The van der Waals surface area contributed by atoms with Gasteiger partial charge < -0.3 is 175 Å². The summed E-state index contributed by atoms with van der Waals surface area (Å²) in [6.07, 6.45) is -63.2. The van der Waals surface area contributed by atoms with Gasteiger partial charge in [0.15, 0.2) is 44.0 Å². The van der Waals surface area contributed by atoms with Gasteiger partial charge >= 0.3 is 0 Å². The van der Waals surface area contributed by atoms with Crippen molar-refractivity contribution in [2.75, 3.05) is 46.2 Å². The van der Waals surface area contributed by atoms with E-state index in [1.54, 1.807) is 0 Å². The zero-order valence-electron chi connectivity index (χ0n) is 40.5. The molecule has 0 unspecified atom stereocenters. The molecule has 14 bridgehead atoms. The molecule has 21 rings (SSSR count). The molecular weight excluding hydrogens is 1060 g/mol. The van der Waals surface area contributed by atoms with Gasteiger partial charge in [-0.1, -0.05) is 0 Å². The molecule has 21 heterocycles. The maximum Gasteiger partial charge on any atom is 0.187 e. The third-order valence-electron chi connectivity index (χ3n) is 15.0. The topological polar surface area (TPSA) is 566 Å². The highest BCUT2D eigenvalue weighted by atomic mass is 16.8. The second-order valence-electron chi connectivity index (χ2n) is 19.8. The molecule has 21 aliphatic heterocycles. The van der Waals surface area contributed by atoms with Gasteiger partial charge in [0.1, 0.15) is 159 Å². The maximum atomic E-state index is 11.4. The molecule has 35 heteroatoms. The predicted molar refractivity (Wildman–Crippen MR) is 232 cm³/mol. The summed E-state index contributed by atoms with van der Waals surface area (Å²) >= 11 is 0. The van der Waals surface area contributed by atoms with E-state index in [4.69, 9.17) is 77.8 Å². The van der Waals surface area contributed by atoms with Crippen molar-refractivity contribution >= 4 is 0 Å². The molecule has 0 aromatic rings. The smallest absolute Gasteiger partial charge is 0.187 e. The van der Waals surface area contributed by atoms with Gasteiger partial charge in [-0.25, -0.2) is 0 Å². The summed E-state index contributed by atoms with van der Waals surface area (Å²) in [4.78, 5) is 0. The Bertz CT molecular complexity index is 1480. The number of rotatable bonds is 7. The summed E-state index contributed by atoms with van der Waals surface area (Å²) in [7, 11) is 0. The number of hydrogen-bond donors (Lipinski definition) is 21. The zero-order valence-corrected chi connectivity index (χ0v) is 40.5. The summed E-state index contributed by atoms with van der Waals surface area (Å²) in [6, 6.07) is -3.32. The first kappa shape index (κ1) is 61.7. The highest BCUT2D eigenvalue weighted by Gasteiger charge is 2.59. The molecule has 23 N–H and O–H groups in total. The third kappa shape index (κ3) is 12.1. The van der Waals surface area contributed by atoms with Crippen molar-refractivity contribution in [2.24, 2.45) is 11.5 Å². The molecule has 0 amide bonds. The van der Waals surface area contributed by atoms with Crippen molar-refractivity contribution in [3.63, 3.8) is 0 Å². The summed E-state index contributed by atoms with van der Waals surface area (Å²) in [5.74, 6) is 0. The first-order valence-electron chi connectivity index (χ1n) is 24.8. The first-order chi connectivity index (χ1) is 36.7. The van der Waals surface area contributed by atoms with Crippen molar-refractivity contribution in [2.45, 2.75) is 215 Å². The molecule has 35 atom stereocenters. The molecule has 77 heavy (non-hydrogen) atoms. The Morgan fingerprint density at radius 3 is 0.506 bits per heavy atom. The standard InChI is InChI=1S/C42H72N2O33/c43-15-17(52)36-64-9(2-46)30(15)72-39-25(60)20(55)34(13(6-50)67-39)76-42-28(63)23(58)35(14(7-51)70-42)77-41-27(62)22(57)32(11(4-48)69-41)74-37-18(53)16(44)29(8(1-45)65-37)71-38-24(59)19(54)33(12(5-49)66-38)75-40-26(61)21(56)31(73-36)10(3-47)68-40/h8-42,45-63H,1-7,43-44H2/t8-,9+,10+,11-,12+,13+,14+,15+,16-,17+,18-,19+,20-,21+,22+,23+,24+,25-,26+,27+,28+,29+,30+,31+,32+,33+,34+,35+,36+,37+,38+,39+,40+,41+,42+/m0/s1. The lowest BCUT2D eigenvalue weighted by molar-refractivity contribution is -0.392. The van der Waals surface area contributed by atoms with Crippen LogP contribution in [0.1, 0.15) is 0 Å². The van der Waals surface area contributed by atoms with Crippen LogP contribution in [0.4, 0.5) is 0 Å². The van der Waals surface area contributed by atoms with Crippen LogP contribution in [-0.2, 0) is 66.3 Å². The number of hydrogen-bond acceptors (Lipinski definition) is 35. The van der Waals surface area contributed by atoms with E-state index in [0.717, 1.165) is 0 Å². The first-order valence-corrected chi connectivity index (χ1v) is 24.8. The summed E-state index contributed by atoms with van der Waals surface area (Å²) in [5, 5.41) is 209. The van der Waals surface area contributed by atoms with Crippen LogP contribution in [0.15, 0.2) is 0 Å². The van der Waals surface area contributed by atoms with Crippen molar-refractivity contribution in [3.05, 3.63) is 0 Å². The van der Waals surface area contributed by atoms with Gasteiger partial charge in [-0.05, 0) is 0 Å². The number of aliphatic hydroxyl groups excluding tert-OH is 19. The molecule has 0 saturated carbocycles. The average molecular weight is 1130 g/mol. The van der Waals surface area contributed by atoms with E-state index in [1.807, 2.05) is 0 Å². The van der Waals surface area contributed by atoms with Crippen molar-refractivity contribution < 1.29 is 163 Å². The van der Waals surface area contributed by atoms with Gasteiger partial charge in [-0.2, -0.15) is 0 Å². The highest BCUT2D eigenvalue weighted by molar-refractivity contribution is 5.02. The lowest BCUT2D eigenvalue weighted by Crippen LogP contribution is -2.69. The van der Waals surface area contributed by atoms with Crippen LogP contribution >= 0.6 is 0 Å². The molecular formula is C42H72N2O33. The molecule has 35 nitrogen and oxygen atoms in total. The molecule has 448 valence electrons. The van der Waals surface area contributed by atoms with Crippen LogP contribution < -0.4 is 11.5 Å². The van der Waals surface area contributed by atoms with Crippen LogP contribution in [0.5, 0.6) is 0 Å². The Morgan fingerprint density at radius 1 is 0.195 bits per heavy atom. The number of nitrogens with two attached hydrogens (primary N) is 2. The Hall–Kier alpha value is -1.40. The maximum absolute atomic E-state index is 11.4. The van der Waals surface area contributed by atoms with E-state index < -0.39 is 261 Å². The average Bonchev–Trinajstić information content (AvgIpc) is 3.45. The largest absolute Gasteiger partial charge is 0.394 e. The Balaban J connectivity index is 1.08. The fraction of sp³-hybridized carbons (Fsp3) is 1.00. The lowest BCUT2D eigenvalue weighted by atomic mass is 9.94. The van der Waals surface area contributed by atoms with Crippen LogP contribution in [0.3, 0.4) is 0 Å². The Labute approximate surface area is 435 Å². The minimum Gasteiger partial charge on any atom is -0.394 e. The van der Waals surface area contributed by atoms with E-state index in [2.05, 4.69) is 0 Å². The molecule has 0 aliphatic carbocycles. The van der Waals surface area contributed by atoms with E-state index in [9.17, 15) is 97.0 Å². The third-order valence-corrected chi connectivity index (χ3v) is 15.0. The fourth-order valence-corrected chi connectivity index (χ4v) is 10.5. The van der Waals surface area contributed by atoms with Gasteiger partial charge in [-0.15, -0.1) is 0 Å². The highest BCUT2D eigenvalue weighted by Crippen LogP contribution is 2.38. The molecule has 21 saturated heterocycles. The zero-order chi connectivity index (χ0) is 56.1. The summed E-state index contributed by atoms with van der Waals surface area (Å²) < 4.78 is 80.4. The van der Waals surface area contributed by atoms with E-state index >= 15 is 0 Å². The molecule has 0 aromatic heterocycles. The minimum absolute atomic E-state index is 0.961. The van der Waals surface area contributed by atoms with E-state index in [0.29, 0.717) is 0 Å². The monoisotopic (exact) mass is 1130 g/mol. The van der Waals surface area contributed by atoms with Gasteiger partial charge in [0, 0.05) is 0 Å². The van der Waals surface area contributed by atoms with Crippen LogP contribution in [0, 0.1) is 0 Å². The van der Waals surface area contributed by atoms with Gasteiger partial charge in [0.25, 0.3) is 0 Å². The summed E-state index contributed by atoms with van der Waals surface area (Å²) in [5.41, 5.74) is 12.7. The second-order valence-corrected chi connectivity index (χ2v) is 19.8. The molecule has 0 spiro atoms. The quantitative estimate of drug-likeness (QED) is 0.113. The van der Waals surface area contributed by atoms with Gasteiger partial charge in [-0.3, -0.25) is 0 Å². The molecule has 0 radical (unpaired) electrons. The van der Waals surface area contributed by atoms with Crippen LogP contribution in [0.2, 0.25) is 0 Å². The van der Waals surface area contributed by atoms with Crippen molar-refractivity contribution in [1.29, 1.82) is 0 Å². The Kier molecular flexibility index (Phi) is 20.8. The van der Waals surface area contributed by atoms with Gasteiger partial charge in [0.05, 0.1) is 58.3 Å². The SMILES string of the molecule is N[C@@H]1[C@@H](O)[C@H]2O[C@H]3[C@H](O)[C@@H](O)[C@@H](O[C@H]4[C@H](O)[C@@H](O)[C@@H](O[C@H]5[C@@H](N)[C@H](O)[C@@H](O[C@H]6[C@H](O)[C@@H](O)[C@@H](O[C@H]7[C@H](O)[C@@H](O)[C@@H](O[C@H]8[C@@H](O)[C@H](O)[C@@H](O[C@@H]1[C@@H](CO)O2)O[C@@H]8CO)O[C@@H]7CO)O[C@H]6CO)O[C@H]5CO)O[C@@H]4CO)O[C@@H]3CO. The minimum atomic E-state index is -2.18. The number of aliphatic hydroxyl groups is 19. The van der Waals surface area contributed by atoms with Crippen molar-refractivity contribution in [3.8, 4) is 0 Å². The molecule has 21 fully saturated rings. The normalized spacial score (nSPS) is 55.4. The van der Waals surface area contributed by atoms with Gasteiger partial charge in [0.2, 0.25) is 0 Å².